The van der Waals surface area contributed by atoms with Gasteiger partial charge in [-0.2, -0.15) is 15.0 Å². The summed E-state index contributed by atoms with van der Waals surface area (Å²) in [5, 5.41) is 11.4. The molecule has 2 N–H and O–H groups in total. The van der Waals surface area contributed by atoms with E-state index in [1.807, 2.05) is 48.5 Å². The van der Waals surface area contributed by atoms with Crippen LogP contribution in [0.15, 0.2) is 84.9 Å². The van der Waals surface area contributed by atoms with Gasteiger partial charge in [0, 0.05) is 28.1 Å². The van der Waals surface area contributed by atoms with Crippen molar-refractivity contribution in [2.45, 2.75) is 19.8 Å². The van der Waals surface area contributed by atoms with Gasteiger partial charge in [-0.25, -0.2) is 0 Å². The Hall–Kier alpha value is -3.99. The Balaban J connectivity index is 1.54. The first-order valence-electron chi connectivity index (χ1n) is 10.4. The number of hydrogen-bond donors (Lipinski definition) is 2. The lowest BCUT2D eigenvalue weighted by molar-refractivity contribution is 0.766. The van der Waals surface area contributed by atoms with Crippen LogP contribution >= 0.6 is 0 Å². The maximum atomic E-state index is 4.68. The van der Waals surface area contributed by atoms with E-state index < -0.39 is 0 Å². The van der Waals surface area contributed by atoms with Crippen molar-refractivity contribution in [3.05, 3.63) is 90.8 Å². The van der Waals surface area contributed by atoms with Crippen LogP contribution in [0.5, 0.6) is 0 Å². The number of rotatable bonds is 5. The first-order chi connectivity index (χ1) is 15.2. The van der Waals surface area contributed by atoms with Gasteiger partial charge in [-0.1, -0.05) is 86.6 Å². The molecule has 0 atom stereocenters. The summed E-state index contributed by atoms with van der Waals surface area (Å²) in [6.45, 7) is 4.16. The van der Waals surface area contributed by atoms with E-state index in [0.29, 0.717) is 11.9 Å². The van der Waals surface area contributed by atoms with E-state index in [1.54, 1.807) is 0 Å². The first-order valence-corrected chi connectivity index (χ1v) is 10.4. The molecule has 1 heterocycles. The van der Waals surface area contributed by atoms with Gasteiger partial charge in [0.1, 0.15) is 5.82 Å². The highest BCUT2D eigenvalue weighted by Crippen LogP contribution is 2.28. The van der Waals surface area contributed by atoms with Crippen LogP contribution in [0.25, 0.3) is 21.5 Å². The highest BCUT2D eigenvalue weighted by Gasteiger charge is 2.12. The third-order valence-electron chi connectivity index (χ3n) is 5.24. The molecule has 0 bridgehead atoms. The van der Waals surface area contributed by atoms with Crippen molar-refractivity contribution in [1.29, 1.82) is 0 Å². The molecule has 31 heavy (non-hydrogen) atoms. The third kappa shape index (κ3) is 3.90. The van der Waals surface area contributed by atoms with E-state index in [2.05, 4.69) is 75.8 Å². The number of nitrogens with zero attached hydrogens (tertiary/aromatic N) is 3. The fourth-order valence-electron chi connectivity index (χ4n) is 3.67. The summed E-state index contributed by atoms with van der Waals surface area (Å²) < 4.78 is 0. The maximum Gasteiger partial charge on any atom is 0.232 e. The van der Waals surface area contributed by atoms with Crippen LogP contribution in [0, 0.1) is 0 Å². The number of nitrogens with one attached hydrogen (secondary N) is 2. The van der Waals surface area contributed by atoms with E-state index in [1.165, 1.54) is 10.8 Å². The van der Waals surface area contributed by atoms with Gasteiger partial charge in [-0.05, 0) is 22.9 Å². The largest absolute Gasteiger partial charge is 0.323 e. The minimum Gasteiger partial charge on any atom is -0.323 e. The molecular formula is C26H23N5. The monoisotopic (exact) mass is 405 g/mol. The maximum absolute atomic E-state index is 4.68. The molecule has 0 spiro atoms. The number of aromatic nitrogens is 3. The average molecular weight is 406 g/mol. The van der Waals surface area contributed by atoms with E-state index in [-0.39, 0.29) is 5.92 Å². The molecule has 5 heteroatoms. The van der Waals surface area contributed by atoms with Crippen LogP contribution in [0.3, 0.4) is 0 Å². The minimum absolute atomic E-state index is 0.170. The lowest BCUT2D eigenvalue weighted by Crippen LogP contribution is -2.08. The third-order valence-corrected chi connectivity index (χ3v) is 5.24. The van der Waals surface area contributed by atoms with Crippen LogP contribution in [-0.2, 0) is 0 Å². The molecule has 0 fully saturated rings. The highest BCUT2D eigenvalue weighted by molar-refractivity contribution is 5.96. The van der Waals surface area contributed by atoms with Crippen LogP contribution < -0.4 is 10.6 Å². The molecule has 0 aliphatic carbocycles. The Morgan fingerprint density at radius 2 is 1.00 bits per heavy atom. The number of benzene rings is 4. The van der Waals surface area contributed by atoms with Gasteiger partial charge in [0.2, 0.25) is 11.9 Å². The first kappa shape index (κ1) is 19.0. The van der Waals surface area contributed by atoms with Crippen LogP contribution in [0.1, 0.15) is 25.6 Å². The van der Waals surface area contributed by atoms with Gasteiger partial charge in [0.25, 0.3) is 0 Å². The van der Waals surface area contributed by atoms with Crippen LogP contribution in [0.2, 0.25) is 0 Å². The summed E-state index contributed by atoms with van der Waals surface area (Å²) in [4.78, 5) is 14.0. The Kier molecular flexibility index (Phi) is 4.92. The van der Waals surface area contributed by atoms with Crippen molar-refractivity contribution < 1.29 is 0 Å². The number of anilines is 4. The molecule has 5 rings (SSSR count). The highest BCUT2D eigenvalue weighted by atomic mass is 15.2. The molecule has 0 unspecified atom stereocenters. The van der Waals surface area contributed by atoms with Gasteiger partial charge in [0.05, 0.1) is 0 Å². The second-order valence-corrected chi connectivity index (χ2v) is 7.80. The topological polar surface area (TPSA) is 62.7 Å². The Labute approximate surface area is 181 Å². The standard InChI is InChI=1S/C26H23N5/c1-17(2)24-29-25(27-22-15-7-11-18-9-3-5-13-20(18)22)31-26(30-24)28-23-16-8-12-19-10-4-6-14-21(19)23/h3-17H,1-2H3,(H2,27,28,29,30,31). The van der Waals surface area contributed by atoms with Crippen LogP contribution in [-0.4, -0.2) is 15.0 Å². The predicted octanol–water partition coefficient (Wildman–Crippen LogP) is 6.79. The lowest BCUT2D eigenvalue weighted by atomic mass is 10.1. The Bertz CT molecular complexity index is 1270. The van der Waals surface area contributed by atoms with E-state index in [4.69, 9.17) is 0 Å². The Morgan fingerprint density at radius 1 is 0.548 bits per heavy atom. The van der Waals surface area contributed by atoms with Gasteiger partial charge in [0.15, 0.2) is 0 Å². The second-order valence-electron chi connectivity index (χ2n) is 7.80. The van der Waals surface area contributed by atoms with E-state index >= 15 is 0 Å². The van der Waals surface area contributed by atoms with Gasteiger partial charge in [-0.15, -0.1) is 0 Å². The summed E-state index contributed by atoms with van der Waals surface area (Å²) in [6.07, 6.45) is 0. The summed E-state index contributed by atoms with van der Waals surface area (Å²) in [6, 6.07) is 28.9. The van der Waals surface area contributed by atoms with E-state index in [0.717, 1.165) is 28.0 Å². The zero-order valence-electron chi connectivity index (χ0n) is 17.5. The van der Waals surface area contributed by atoms with Gasteiger partial charge < -0.3 is 10.6 Å². The zero-order valence-corrected chi connectivity index (χ0v) is 17.5. The van der Waals surface area contributed by atoms with Gasteiger partial charge in [-0.3, -0.25) is 0 Å². The molecule has 0 saturated carbocycles. The molecule has 0 saturated heterocycles. The molecule has 152 valence electrons. The summed E-state index contributed by atoms with van der Waals surface area (Å²) in [5.74, 6) is 1.96. The second kappa shape index (κ2) is 8.03. The molecular weight excluding hydrogens is 382 g/mol. The molecule has 0 radical (unpaired) electrons. The summed E-state index contributed by atoms with van der Waals surface area (Å²) in [5.41, 5.74) is 1.94. The average Bonchev–Trinajstić information content (AvgIpc) is 2.79. The lowest BCUT2D eigenvalue weighted by Gasteiger charge is -2.14. The van der Waals surface area contributed by atoms with Crippen molar-refractivity contribution in [2.24, 2.45) is 0 Å². The smallest absolute Gasteiger partial charge is 0.232 e. The zero-order chi connectivity index (χ0) is 21.2. The molecule has 0 aliphatic heterocycles. The fourth-order valence-corrected chi connectivity index (χ4v) is 3.67. The van der Waals surface area contributed by atoms with Crippen molar-refractivity contribution in [1.82, 2.24) is 15.0 Å². The molecule has 0 amide bonds. The van der Waals surface area contributed by atoms with E-state index in [9.17, 15) is 0 Å². The minimum atomic E-state index is 0.170. The number of hydrogen-bond acceptors (Lipinski definition) is 5. The van der Waals surface area contributed by atoms with Crippen molar-refractivity contribution in [3.63, 3.8) is 0 Å². The Morgan fingerprint density at radius 3 is 1.48 bits per heavy atom. The quantitative estimate of drug-likeness (QED) is 0.337. The molecule has 5 nitrogen and oxygen atoms in total. The number of fused-ring (bicyclic) bond motifs is 2. The molecule has 4 aromatic carbocycles. The SMILES string of the molecule is CC(C)c1nc(Nc2cccc3ccccc23)nc(Nc2cccc3ccccc23)n1. The van der Waals surface area contributed by atoms with Gasteiger partial charge >= 0.3 is 0 Å². The molecule has 0 aliphatic rings. The normalized spacial score (nSPS) is 11.2. The van der Waals surface area contributed by atoms with Crippen molar-refractivity contribution >= 4 is 44.8 Å². The van der Waals surface area contributed by atoms with Crippen molar-refractivity contribution in [2.75, 3.05) is 10.6 Å². The summed E-state index contributed by atoms with van der Waals surface area (Å²) in [7, 11) is 0. The molecule has 5 aromatic rings. The van der Waals surface area contributed by atoms with Crippen LogP contribution in [0.4, 0.5) is 23.3 Å². The predicted molar refractivity (Wildman–Crippen MR) is 128 cm³/mol. The molecule has 1 aromatic heterocycles. The summed E-state index contributed by atoms with van der Waals surface area (Å²) >= 11 is 0. The van der Waals surface area contributed by atoms with Crippen molar-refractivity contribution in [3.8, 4) is 0 Å². The fraction of sp³-hybridized carbons (Fsp3) is 0.115.